The summed E-state index contributed by atoms with van der Waals surface area (Å²) < 4.78 is 0. The minimum absolute atomic E-state index is 0.0453. The Balaban J connectivity index is 2.24. The molecule has 0 aromatic heterocycles. The number of aliphatic hydroxyl groups is 1. The molecule has 0 fully saturated rings. The van der Waals surface area contributed by atoms with Crippen molar-refractivity contribution in [2.24, 2.45) is 5.73 Å². The standard InChI is InChI=1S/C13H16N2O3/c1-8(16)11(14)7-15-12(17)6-9-4-2-3-5-10(9)13(15)18/h2-5,8,11,16H,6-7,14H2,1H3. The van der Waals surface area contributed by atoms with Crippen molar-refractivity contribution in [3.8, 4) is 0 Å². The summed E-state index contributed by atoms with van der Waals surface area (Å²) in [5.41, 5.74) is 6.98. The number of aliphatic hydroxyl groups excluding tert-OH is 1. The summed E-state index contributed by atoms with van der Waals surface area (Å²) in [7, 11) is 0. The lowest BCUT2D eigenvalue weighted by Crippen LogP contribution is -2.51. The van der Waals surface area contributed by atoms with Gasteiger partial charge in [-0.25, -0.2) is 0 Å². The maximum atomic E-state index is 12.2. The first kappa shape index (κ1) is 12.7. The quantitative estimate of drug-likeness (QED) is 0.733. The third-order valence-corrected chi connectivity index (χ3v) is 3.15. The maximum absolute atomic E-state index is 12.2. The number of hydrogen-bond donors (Lipinski definition) is 2. The van der Waals surface area contributed by atoms with Gasteiger partial charge in [-0.2, -0.15) is 0 Å². The third kappa shape index (κ3) is 2.27. The SMILES string of the molecule is CC(O)C(N)CN1C(=O)Cc2ccccc2C1=O. The summed E-state index contributed by atoms with van der Waals surface area (Å²) in [6, 6.07) is 6.42. The highest BCUT2D eigenvalue weighted by atomic mass is 16.3. The molecule has 1 aliphatic heterocycles. The second-order valence-electron chi connectivity index (χ2n) is 4.55. The Bertz CT molecular complexity index is 485. The van der Waals surface area contributed by atoms with Crippen molar-refractivity contribution < 1.29 is 14.7 Å². The molecule has 0 radical (unpaired) electrons. The smallest absolute Gasteiger partial charge is 0.260 e. The van der Waals surface area contributed by atoms with E-state index in [2.05, 4.69) is 0 Å². The highest BCUT2D eigenvalue weighted by molar-refractivity contribution is 6.09. The number of benzene rings is 1. The minimum Gasteiger partial charge on any atom is -0.392 e. The molecule has 1 heterocycles. The van der Waals surface area contributed by atoms with Crippen LogP contribution in [0.2, 0.25) is 0 Å². The molecule has 2 unspecified atom stereocenters. The van der Waals surface area contributed by atoms with E-state index in [1.54, 1.807) is 24.3 Å². The van der Waals surface area contributed by atoms with Gasteiger partial charge in [0.1, 0.15) is 0 Å². The van der Waals surface area contributed by atoms with Gasteiger partial charge in [-0.15, -0.1) is 0 Å². The Labute approximate surface area is 105 Å². The van der Waals surface area contributed by atoms with Gasteiger partial charge in [-0.05, 0) is 18.6 Å². The van der Waals surface area contributed by atoms with Crippen LogP contribution in [-0.4, -0.2) is 40.5 Å². The summed E-state index contributed by atoms with van der Waals surface area (Å²) in [6.07, 6.45) is -0.559. The Hall–Kier alpha value is -1.72. The molecule has 0 spiro atoms. The average Bonchev–Trinajstić information content (AvgIpc) is 2.34. The van der Waals surface area contributed by atoms with Crippen LogP contribution < -0.4 is 5.73 Å². The van der Waals surface area contributed by atoms with E-state index >= 15 is 0 Å². The van der Waals surface area contributed by atoms with Gasteiger partial charge in [0.05, 0.1) is 12.5 Å². The molecular weight excluding hydrogens is 232 g/mol. The normalized spacial score (nSPS) is 18.5. The zero-order valence-corrected chi connectivity index (χ0v) is 10.2. The molecule has 0 aliphatic carbocycles. The lowest BCUT2D eigenvalue weighted by Gasteiger charge is -2.29. The van der Waals surface area contributed by atoms with E-state index in [0.29, 0.717) is 5.56 Å². The van der Waals surface area contributed by atoms with Crippen molar-refractivity contribution in [1.29, 1.82) is 0 Å². The van der Waals surface area contributed by atoms with Gasteiger partial charge < -0.3 is 10.8 Å². The number of rotatable bonds is 3. The van der Waals surface area contributed by atoms with Gasteiger partial charge >= 0.3 is 0 Å². The van der Waals surface area contributed by atoms with Gasteiger partial charge in [0, 0.05) is 18.2 Å². The molecule has 2 amide bonds. The fourth-order valence-electron chi connectivity index (χ4n) is 1.95. The lowest BCUT2D eigenvalue weighted by molar-refractivity contribution is -0.128. The molecule has 1 aromatic carbocycles. The number of amides is 2. The van der Waals surface area contributed by atoms with Crippen molar-refractivity contribution in [2.75, 3.05) is 6.54 Å². The van der Waals surface area contributed by atoms with Crippen LogP contribution in [0.1, 0.15) is 22.8 Å². The van der Waals surface area contributed by atoms with Crippen LogP contribution in [0, 0.1) is 0 Å². The first-order valence-corrected chi connectivity index (χ1v) is 5.87. The minimum atomic E-state index is -0.761. The van der Waals surface area contributed by atoms with Crippen molar-refractivity contribution in [3.63, 3.8) is 0 Å². The highest BCUT2D eigenvalue weighted by Crippen LogP contribution is 2.19. The zero-order valence-electron chi connectivity index (χ0n) is 10.2. The largest absolute Gasteiger partial charge is 0.392 e. The number of imide groups is 1. The van der Waals surface area contributed by atoms with Gasteiger partial charge in [0.15, 0.2) is 0 Å². The number of nitrogens with two attached hydrogens (primary N) is 1. The Morgan fingerprint density at radius 2 is 2.06 bits per heavy atom. The second-order valence-corrected chi connectivity index (χ2v) is 4.55. The molecule has 1 aliphatic rings. The zero-order chi connectivity index (χ0) is 13.3. The molecule has 2 rings (SSSR count). The molecule has 0 saturated heterocycles. The highest BCUT2D eigenvalue weighted by Gasteiger charge is 2.32. The number of carbonyl (C=O) groups is 2. The van der Waals surface area contributed by atoms with Gasteiger partial charge in [-0.1, -0.05) is 18.2 Å². The topological polar surface area (TPSA) is 83.6 Å². The molecular formula is C13H16N2O3. The van der Waals surface area contributed by atoms with Crippen LogP contribution in [0.5, 0.6) is 0 Å². The van der Waals surface area contributed by atoms with Crippen LogP contribution in [0.4, 0.5) is 0 Å². The summed E-state index contributed by atoms with van der Waals surface area (Å²) in [6.45, 7) is 1.58. The van der Waals surface area contributed by atoms with Crippen LogP contribution in [0.25, 0.3) is 0 Å². The first-order chi connectivity index (χ1) is 8.50. The van der Waals surface area contributed by atoms with Crippen LogP contribution >= 0.6 is 0 Å². The van der Waals surface area contributed by atoms with E-state index in [4.69, 9.17) is 5.73 Å². The van der Waals surface area contributed by atoms with E-state index in [9.17, 15) is 14.7 Å². The predicted octanol–water partition coefficient (Wildman–Crippen LogP) is -0.0804. The molecule has 2 atom stereocenters. The van der Waals surface area contributed by atoms with Gasteiger partial charge in [-0.3, -0.25) is 14.5 Å². The molecule has 0 bridgehead atoms. The Morgan fingerprint density at radius 1 is 1.39 bits per heavy atom. The molecule has 0 saturated carbocycles. The fourth-order valence-corrected chi connectivity index (χ4v) is 1.95. The van der Waals surface area contributed by atoms with Crippen LogP contribution in [0.3, 0.4) is 0 Å². The average molecular weight is 248 g/mol. The van der Waals surface area contributed by atoms with E-state index in [1.807, 2.05) is 0 Å². The molecule has 3 N–H and O–H groups in total. The summed E-state index contributed by atoms with van der Waals surface area (Å²) in [4.78, 5) is 25.2. The number of carbonyl (C=O) groups excluding carboxylic acids is 2. The molecule has 18 heavy (non-hydrogen) atoms. The summed E-state index contributed by atoms with van der Waals surface area (Å²) in [5.74, 6) is -0.604. The Kier molecular flexibility index (Phi) is 3.45. The van der Waals surface area contributed by atoms with Crippen molar-refractivity contribution in [2.45, 2.75) is 25.5 Å². The predicted molar refractivity (Wildman–Crippen MR) is 65.8 cm³/mol. The first-order valence-electron chi connectivity index (χ1n) is 5.87. The van der Waals surface area contributed by atoms with Crippen molar-refractivity contribution in [3.05, 3.63) is 35.4 Å². The number of hydrogen-bond acceptors (Lipinski definition) is 4. The molecule has 96 valence electrons. The monoisotopic (exact) mass is 248 g/mol. The second kappa shape index (κ2) is 4.88. The summed E-state index contributed by atoms with van der Waals surface area (Å²) in [5, 5.41) is 9.35. The van der Waals surface area contributed by atoms with Gasteiger partial charge in [0.2, 0.25) is 5.91 Å². The molecule has 5 nitrogen and oxygen atoms in total. The van der Waals surface area contributed by atoms with Crippen molar-refractivity contribution >= 4 is 11.8 Å². The summed E-state index contributed by atoms with van der Waals surface area (Å²) >= 11 is 0. The maximum Gasteiger partial charge on any atom is 0.260 e. The van der Waals surface area contributed by atoms with E-state index in [1.165, 1.54) is 6.92 Å². The Morgan fingerprint density at radius 3 is 2.72 bits per heavy atom. The van der Waals surface area contributed by atoms with E-state index in [-0.39, 0.29) is 24.8 Å². The molecule has 1 aromatic rings. The molecule has 5 heteroatoms. The van der Waals surface area contributed by atoms with E-state index < -0.39 is 12.1 Å². The number of nitrogens with zero attached hydrogens (tertiary/aromatic N) is 1. The van der Waals surface area contributed by atoms with E-state index in [0.717, 1.165) is 10.5 Å². The number of fused-ring (bicyclic) bond motifs is 1. The van der Waals surface area contributed by atoms with Crippen LogP contribution in [0.15, 0.2) is 24.3 Å². The lowest BCUT2D eigenvalue weighted by atomic mass is 9.98. The van der Waals surface area contributed by atoms with Gasteiger partial charge in [0.25, 0.3) is 5.91 Å². The third-order valence-electron chi connectivity index (χ3n) is 3.15. The van der Waals surface area contributed by atoms with Crippen molar-refractivity contribution in [1.82, 2.24) is 4.90 Å². The van der Waals surface area contributed by atoms with Crippen LogP contribution in [-0.2, 0) is 11.2 Å². The fraction of sp³-hybridized carbons (Fsp3) is 0.385.